The highest BCUT2D eigenvalue weighted by Crippen LogP contribution is 2.43. The first-order valence-electron chi connectivity index (χ1n) is 7.37. The lowest BCUT2D eigenvalue weighted by atomic mass is 9.65. The molecule has 0 aromatic carbocycles. The minimum atomic E-state index is -0.185. The molecule has 1 aliphatic rings. The molecule has 0 radical (unpaired) electrons. The lowest BCUT2D eigenvalue weighted by molar-refractivity contribution is -0.141. The zero-order chi connectivity index (χ0) is 15.5. The Morgan fingerprint density at radius 1 is 1.30 bits per heavy atom. The van der Waals surface area contributed by atoms with Crippen molar-refractivity contribution in [3.8, 4) is 0 Å². The van der Waals surface area contributed by atoms with Gasteiger partial charge in [-0.15, -0.1) is 0 Å². The summed E-state index contributed by atoms with van der Waals surface area (Å²) in [7, 11) is 1.85. The van der Waals surface area contributed by atoms with Gasteiger partial charge in [-0.1, -0.05) is 27.4 Å². The summed E-state index contributed by atoms with van der Waals surface area (Å²) in [6.45, 7) is 12.8. The average Bonchev–Trinajstić information content (AvgIpc) is 2.30. The summed E-state index contributed by atoms with van der Waals surface area (Å²) in [4.78, 5) is 27.1. The molecule has 0 atom stereocenters. The summed E-state index contributed by atoms with van der Waals surface area (Å²) in [5.74, 6) is 0.509. The second kappa shape index (κ2) is 6.42. The van der Waals surface area contributed by atoms with E-state index in [0.29, 0.717) is 23.9 Å². The van der Waals surface area contributed by atoms with Gasteiger partial charge >= 0.3 is 0 Å². The van der Waals surface area contributed by atoms with Gasteiger partial charge in [-0.25, -0.2) is 0 Å². The Hall–Kier alpha value is -1.32. The van der Waals surface area contributed by atoms with Crippen molar-refractivity contribution in [2.45, 2.75) is 46.6 Å². The van der Waals surface area contributed by atoms with Crippen molar-refractivity contribution in [1.29, 1.82) is 0 Å². The molecule has 0 aromatic heterocycles. The van der Waals surface area contributed by atoms with Crippen LogP contribution in [0.5, 0.6) is 0 Å². The van der Waals surface area contributed by atoms with Gasteiger partial charge in [-0.3, -0.25) is 9.59 Å². The van der Waals surface area contributed by atoms with E-state index in [2.05, 4.69) is 27.4 Å². The SMILES string of the molecule is C=CC(=O)N(CC)CC(=O)N(C)C1CC(C(C)(C)C)C1. The molecular formula is C16H28N2O2. The van der Waals surface area contributed by atoms with Crippen LogP contribution in [0.4, 0.5) is 0 Å². The molecule has 0 unspecified atom stereocenters. The number of carbonyl (C=O) groups excluding carboxylic acids is 2. The summed E-state index contributed by atoms with van der Waals surface area (Å²) < 4.78 is 0. The van der Waals surface area contributed by atoms with Crippen LogP contribution in [0.1, 0.15) is 40.5 Å². The molecule has 0 heterocycles. The van der Waals surface area contributed by atoms with Crippen molar-refractivity contribution in [2.24, 2.45) is 11.3 Å². The number of rotatable bonds is 5. The van der Waals surface area contributed by atoms with E-state index in [4.69, 9.17) is 0 Å². The number of nitrogens with zero attached hydrogens (tertiary/aromatic N) is 2. The van der Waals surface area contributed by atoms with Crippen molar-refractivity contribution in [1.82, 2.24) is 9.80 Å². The van der Waals surface area contributed by atoms with Gasteiger partial charge in [-0.05, 0) is 37.2 Å². The molecule has 4 heteroatoms. The second-order valence-corrected chi connectivity index (χ2v) is 6.75. The van der Waals surface area contributed by atoms with Crippen LogP contribution < -0.4 is 0 Å². The van der Waals surface area contributed by atoms with Crippen LogP contribution in [0.25, 0.3) is 0 Å². The van der Waals surface area contributed by atoms with Crippen LogP contribution in [0, 0.1) is 11.3 Å². The quantitative estimate of drug-likeness (QED) is 0.725. The third-order valence-electron chi connectivity index (χ3n) is 4.47. The van der Waals surface area contributed by atoms with Crippen molar-refractivity contribution in [2.75, 3.05) is 20.1 Å². The van der Waals surface area contributed by atoms with Crippen LogP contribution in [-0.2, 0) is 9.59 Å². The first-order valence-corrected chi connectivity index (χ1v) is 7.37. The van der Waals surface area contributed by atoms with Gasteiger partial charge in [0.2, 0.25) is 11.8 Å². The van der Waals surface area contributed by atoms with E-state index in [1.807, 2.05) is 14.0 Å². The molecule has 1 saturated carbocycles. The molecule has 0 saturated heterocycles. The van der Waals surface area contributed by atoms with Crippen LogP contribution in [-0.4, -0.2) is 47.8 Å². The Balaban J connectivity index is 2.49. The molecular weight excluding hydrogens is 252 g/mol. The minimum Gasteiger partial charge on any atom is -0.341 e. The maximum absolute atomic E-state index is 12.2. The molecule has 0 aliphatic heterocycles. The fourth-order valence-corrected chi connectivity index (χ4v) is 2.56. The number of likely N-dealkylation sites (N-methyl/N-ethyl adjacent to an activating group) is 2. The summed E-state index contributed by atoms with van der Waals surface area (Å²) >= 11 is 0. The normalized spacial score (nSPS) is 21.9. The van der Waals surface area contributed by atoms with Crippen molar-refractivity contribution in [3.63, 3.8) is 0 Å². The molecule has 1 fully saturated rings. The fourth-order valence-electron chi connectivity index (χ4n) is 2.56. The largest absolute Gasteiger partial charge is 0.341 e. The van der Waals surface area contributed by atoms with Gasteiger partial charge in [0.25, 0.3) is 0 Å². The summed E-state index contributed by atoms with van der Waals surface area (Å²) in [5.41, 5.74) is 0.314. The highest BCUT2D eigenvalue weighted by Gasteiger charge is 2.40. The number of amides is 2. The van der Waals surface area contributed by atoms with Crippen molar-refractivity contribution >= 4 is 11.8 Å². The Kier molecular flexibility index (Phi) is 5.37. The molecule has 1 aliphatic carbocycles. The van der Waals surface area contributed by atoms with E-state index in [1.54, 1.807) is 4.90 Å². The van der Waals surface area contributed by atoms with E-state index in [9.17, 15) is 9.59 Å². The van der Waals surface area contributed by atoms with Gasteiger partial charge < -0.3 is 9.80 Å². The van der Waals surface area contributed by atoms with Gasteiger partial charge in [0.15, 0.2) is 0 Å². The predicted molar refractivity (Wildman–Crippen MR) is 81.2 cm³/mol. The van der Waals surface area contributed by atoms with Crippen LogP contribution in [0.15, 0.2) is 12.7 Å². The number of hydrogen-bond donors (Lipinski definition) is 0. The summed E-state index contributed by atoms with van der Waals surface area (Å²) in [6.07, 6.45) is 3.39. The van der Waals surface area contributed by atoms with E-state index in [0.717, 1.165) is 12.8 Å². The lowest BCUT2D eigenvalue weighted by Crippen LogP contribution is -2.51. The molecule has 0 spiro atoms. The second-order valence-electron chi connectivity index (χ2n) is 6.75. The zero-order valence-electron chi connectivity index (χ0n) is 13.5. The van der Waals surface area contributed by atoms with Crippen molar-refractivity contribution < 1.29 is 9.59 Å². The van der Waals surface area contributed by atoms with Gasteiger partial charge in [0.05, 0.1) is 6.54 Å². The summed E-state index contributed by atoms with van der Waals surface area (Å²) in [6, 6.07) is 0.323. The van der Waals surface area contributed by atoms with Crippen LogP contribution >= 0.6 is 0 Å². The first kappa shape index (κ1) is 16.7. The van der Waals surface area contributed by atoms with E-state index in [1.165, 1.54) is 11.0 Å². The maximum Gasteiger partial charge on any atom is 0.246 e. The third kappa shape index (κ3) is 3.84. The van der Waals surface area contributed by atoms with E-state index in [-0.39, 0.29) is 18.4 Å². The Labute approximate surface area is 122 Å². The lowest BCUT2D eigenvalue weighted by Gasteiger charge is -2.47. The highest BCUT2D eigenvalue weighted by molar-refractivity contribution is 5.90. The smallest absolute Gasteiger partial charge is 0.246 e. The van der Waals surface area contributed by atoms with Crippen LogP contribution in [0.3, 0.4) is 0 Å². The topological polar surface area (TPSA) is 40.6 Å². The zero-order valence-corrected chi connectivity index (χ0v) is 13.5. The summed E-state index contributed by atoms with van der Waals surface area (Å²) in [5, 5.41) is 0. The molecule has 0 N–H and O–H groups in total. The Morgan fingerprint density at radius 2 is 1.85 bits per heavy atom. The van der Waals surface area contributed by atoms with Crippen molar-refractivity contribution in [3.05, 3.63) is 12.7 Å². The molecule has 1 rings (SSSR count). The number of carbonyl (C=O) groups is 2. The standard InChI is InChI=1S/C16H28N2O2/c1-7-14(19)18(8-2)11-15(20)17(6)13-9-12(10-13)16(3,4)5/h7,12-13H,1,8-11H2,2-6H3. The Morgan fingerprint density at radius 3 is 2.25 bits per heavy atom. The molecule has 0 aromatic rings. The monoisotopic (exact) mass is 280 g/mol. The fraction of sp³-hybridized carbons (Fsp3) is 0.750. The molecule has 0 bridgehead atoms. The third-order valence-corrected chi connectivity index (χ3v) is 4.47. The Bertz CT molecular complexity index is 378. The molecule has 2 amide bonds. The van der Waals surface area contributed by atoms with E-state index >= 15 is 0 Å². The van der Waals surface area contributed by atoms with Gasteiger partial charge in [0, 0.05) is 19.6 Å². The minimum absolute atomic E-state index is 0.0133. The van der Waals surface area contributed by atoms with Crippen LogP contribution in [0.2, 0.25) is 0 Å². The maximum atomic E-state index is 12.2. The predicted octanol–water partition coefficient (Wildman–Crippen LogP) is 2.30. The average molecular weight is 280 g/mol. The molecule has 20 heavy (non-hydrogen) atoms. The van der Waals surface area contributed by atoms with Gasteiger partial charge in [-0.2, -0.15) is 0 Å². The highest BCUT2D eigenvalue weighted by atomic mass is 16.2. The number of hydrogen-bond acceptors (Lipinski definition) is 2. The molecule has 4 nitrogen and oxygen atoms in total. The van der Waals surface area contributed by atoms with Gasteiger partial charge in [0.1, 0.15) is 0 Å². The first-order chi connectivity index (χ1) is 9.20. The molecule has 114 valence electrons. The van der Waals surface area contributed by atoms with E-state index < -0.39 is 0 Å².